The quantitative estimate of drug-likeness (QED) is 0.336. The van der Waals surface area contributed by atoms with Gasteiger partial charge < -0.3 is 20.3 Å². The molecule has 5 nitrogen and oxygen atoms in total. The zero-order valence-corrected chi connectivity index (χ0v) is 14.8. The minimum absolute atomic E-state index is 0.543. The molecule has 0 unspecified atom stereocenters. The highest BCUT2D eigenvalue weighted by molar-refractivity contribution is 6.42. The van der Waals surface area contributed by atoms with Crippen molar-refractivity contribution in [1.29, 1.82) is 0 Å². The lowest BCUT2D eigenvalue weighted by atomic mass is 10.0. The molecule has 3 aromatic carbocycles. The first-order valence-electron chi connectivity index (χ1n) is 7.49. The van der Waals surface area contributed by atoms with Gasteiger partial charge in [-0.15, -0.1) is 0 Å². The molecule has 7 heteroatoms. The number of ether oxygens (including phenoxy) is 1. The molecule has 132 valence electrons. The molecule has 1 heterocycles. The van der Waals surface area contributed by atoms with Crippen LogP contribution in [0.1, 0.15) is 0 Å². The fourth-order valence-electron chi connectivity index (χ4n) is 2.49. The molecule has 0 fully saturated rings. The van der Waals surface area contributed by atoms with Gasteiger partial charge in [-0.25, -0.2) is 4.79 Å². The summed E-state index contributed by atoms with van der Waals surface area (Å²) in [5.74, 6) is 1.61. The van der Waals surface area contributed by atoms with Crippen LogP contribution in [-0.2, 0) is 0 Å². The minimum Gasteiger partial charge on any atom is -0.453 e. The smallest absolute Gasteiger partial charge is 0.453 e. The van der Waals surface area contributed by atoms with E-state index in [0.29, 0.717) is 10.0 Å². The van der Waals surface area contributed by atoms with Gasteiger partial charge >= 0.3 is 6.16 Å². The Morgan fingerprint density at radius 2 is 1.42 bits per heavy atom. The van der Waals surface area contributed by atoms with Crippen molar-refractivity contribution >= 4 is 40.7 Å². The number of carboxylic acid groups (broad SMARTS) is 2. The predicted octanol–water partition coefficient (Wildman–Crippen LogP) is 6.73. The van der Waals surface area contributed by atoms with Gasteiger partial charge in [-0.05, 0) is 47.5 Å². The number of halogens is 2. The Labute approximate surface area is 159 Å². The van der Waals surface area contributed by atoms with Gasteiger partial charge in [0.1, 0.15) is 0 Å². The minimum atomic E-state index is -1.83. The molecule has 0 aliphatic carbocycles. The van der Waals surface area contributed by atoms with Crippen molar-refractivity contribution in [2.75, 3.05) is 5.32 Å². The monoisotopic (exact) mass is 389 g/mol. The average molecular weight is 390 g/mol. The number of hydrogen-bond acceptors (Lipinski definition) is 3. The lowest BCUT2D eigenvalue weighted by molar-refractivity contribution is 0.137. The molecule has 26 heavy (non-hydrogen) atoms. The number of hydrogen-bond donors (Lipinski definition) is 3. The molecule has 0 atom stereocenters. The summed E-state index contributed by atoms with van der Waals surface area (Å²) in [4.78, 5) is 8.56. The Bertz CT molecular complexity index is 972. The summed E-state index contributed by atoms with van der Waals surface area (Å²) in [5.41, 5.74) is 3.94. The molecular weight excluding hydrogens is 377 g/mol. The van der Waals surface area contributed by atoms with E-state index in [1.807, 2.05) is 54.6 Å². The summed E-state index contributed by atoms with van der Waals surface area (Å²) < 4.78 is 5.97. The Hall–Kier alpha value is -2.89. The molecule has 4 rings (SSSR count). The number of nitrogens with one attached hydrogen (secondary N) is 1. The van der Waals surface area contributed by atoms with E-state index in [-0.39, 0.29) is 0 Å². The van der Waals surface area contributed by atoms with E-state index in [9.17, 15) is 0 Å². The molecule has 0 saturated carbocycles. The largest absolute Gasteiger partial charge is 0.503 e. The van der Waals surface area contributed by atoms with Crippen LogP contribution in [0.3, 0.4) is 0 Å². The van der Waals surface area contributed by atoms with Crippen LogP contribution >= 0.6 is 23.2 Å². The third-order valence-electron chi connectivity index (χ3n) is 3.61. The third-order valence-corrected chi connectivity index (χ3v) is 4.35. The van der Waals surface area contributed by atoms with Crippen molar-refractivity contribution in [3.63, 3.8) is 0 Å². The number of rotatable bonds is 1. The van der Waals surface area contributed by atoms with Crippen molar-refractivity contribution in [1.82, 2.24) is 0 Å². The predicted molar refractivity (Wildman–Crippen MR) is 102 cm³/mol. The molecule has 3 aromatic rings. The molecule has 0 radical (unpaired) electrons. The Morgan fingerprint density at radius 3 is 2.15 bits per heavy atom. The van der Waals surface area contributed by atoms with Gasteiger partial charge in [0, 0.05) is 0 Å². The SMILES string of the molecule is Clc1ccc(-c2ccc3c(c2)Oc2ccccc2N3)cc1Cl.O=C(O)O. The van der Waals surface area contributed by atoms with Gasteiger partial charge in [-0.3, -0.25) is 0 Å². The van der Waals surface area contributed by atoms with Crippen LogP contribution in [0.15, 0.2) is 60.7 Å². The molecule has 3 N–H and O–H groups in total. The van der Waals surface area contributed by atoms with Crippen molar-refractivity contribution in [3.8, 4) is 22.6 Å². The standard InChI is InChI=1S/C18H11Cl2NO.CH2O3/c19-13-7-5-11(9-14(13)20)12-6-8-16-18(10-12)22-17-4-2-1-3-15(17)21-16;2-1(3)4/h1-10,21H;(H2,2,3,4). The molecule has 1 aliphatic rings. The second kappa shape index (κ2) is 7.56. The first-order chi connectivity index (χ1) is 12.4. The molecule has 0 spiro atoms. The summed E-state index contributed by atoms with van der Waals surface area (Å²) in [6.07, 6.45) is -1.83. The van der Waals surface area contributed by atoms with Crippen LogP contribution in [0.5, 0.6) is 11.5 Å². The van der Waals surface area contributed by atoms with Crippen molar-refractivity contribution in [2.45, 2.75) is 0 Å². The van der Waals surface area contributed by atoms with E-state index in [1.54, 1.807) is 6.07 Å². The van der Waals surface area contributed by atoms with Crippen LogP contribution < -0.4 is 10.1 Å². The third kappa shape index (κ3) is 4.02. The molecule has 0 amide bonds. The van der Waals surface area contributed by atoms with Gasteiger partial charge in [-0.2, -0.15) is 0 Å². The summed E-state index contributed by atoms with van der Waals surface area (Å²) in [6.45, 7) is 0. The van der Waals surface area contributed by atoms with Crippen LogP contribution in [0.4, 0.5) is 16.2 Å². The maximum absolute atomic E-state index is 8.56. The molecular formula is C19H13Cl2NO4. The second-order valence-electron chi connectivity index (χ2n) is 5.35. The van der Waals surface area contributed by atoms with Crippen LogP contribution in [-0.4, -0.2) is 16.4 Å². The number of benzene rings is 3. The fraction of sp³-hybridized carbons (Fsp3) is 0. The van der Waals surface area contributed by atoms with Crippen molar-refractivity contribution in [2.24, 2.45) is 0 Å². The van der Waals surface area contributed by atoms with Crippen molar-refractivity contribution < 1.29 is 19.7 Å². The van der Waals surface area contributed by atoms with E-state index in [4.69, 9.17) is 42.9 Å². The topological polar surface area (TPSA) is 78.8 Å². The zero-order chi connectivity index (χ0) is 18.7. The Morgan fingerprint density at radius 1 is 0.808 bits per heavy atom. The highest BCUT2D eigenvalue weighted by atomic mass is 35.5. The number of anilines is 2. The van der Waals surface area contributed by atoms with Gasteiger partial charge in [-0.1, -0.05) is 47.5 Å². The van der Waals surface area contributed by atoms with E-state index in [1.165, 1.54) is 0 Å². The lowest BCUT2D eigenvalue weighted by Crippen LogP contribution is -2.02. The summed E-state index contributed by atoms with van der Waals surface area (Å²) >= 11 is 12.1. The number of carbonyl (C=O) groups is 1. The summed E-state index contributed by atoms with van der Waals surface area (Å²) in [7, 11) is 0. The Balaban J connectivity index is 0.000000447. The van der Waals surface area contributed by atoms with E-state index in [0.717, 1.165) is 34.0 Å². The first kappa shape index (κ1) is 17.9. The van der Waals surface area contributed by atoms with E-state index < -0.39 is 6.16 Å². The number of para-hydroxylation sites is 2. The normalized spacial score (nSPS) is 11.0. The van der Waals surface area contributed by atoms with Crippen LogP contribution in [0.25, 0.3) is 11.1 Å². The molecule has 0 bridgehead atoms. The average Bonchev–Trinajstić information content (AvgIpc) is 2.61. The number of fused-ring (bicyclic) bond motifs is 2. The highest BCUT2D eigenvalue weighted by Crippen LogP contribution is 2.43. The summed E-state index contributed by atoms with van der Waals surface area (Å²) in [6, 6.07) is 19.5. The van der Waals surface area contributed by atoms with Crippen LogP contribution in [0, 0.1) is 0 Å². The zero-order valence-electron chi connectivity index (χ0n) is 13.2. The van der Waals surface area contributed by atoms with Gasteiger partial charge in [0.15, 0.2) is 11.5 Å². The molecule has 1 aliphatic heterocycles. The maximum atomic E-state index is 8.56. The second-order valence-corrected chi connectivity index (χ2v) is 6.16. The van der Waals surface area contributed by atoms with Crippen molar-refractivity contribution in [3.05, 3.63) is 70.7 Å². The molecule has 0 aromatic heterocycles. The summed E-state index contributed by atoms with van der Waals surface area (Å²) in [5, 5.41) is 18.4. The van der Waals surface area contributed by atoms with Gasteiger partial charge in [0.2, 0.25) is 0 Å². The van der Waals surface area contributed by atoms with E-state index >= 15 is 0 Å². The molecule has 0 saturated heterocycles. The van der Waals surface area contributed by atoms with Gasteiger partial charge in [0.25, 0.3) is 0 Å². The van der Waals surface area contributed by atoms with Crippen LogP contribution in [0.2, 0.25) is 10.0 Å². The van der Waals surface area contributed by atoms with Gasteiger partial charge in [0.05, 0.1) is 21.4 Å². The maximum Gasteiger partial charge on any atom is 0.503 e. The highest BCUT2D eigenvalue weighted by Gasteiger charge is 2.16. The lowest BCUT2D eigenvalue weighted by Gasteiger charge is -2.22. The fourth-order valence-corrected chi connectivity index (χ4v) is 2.79. The van der Waals surface area contributed by atoms with E-state index in [2.05, 4.69) is 5.32 Å². The first-order valence-corrected chi connectivity index (χ1v) is 8.25. The Kier molecular flexibility index (Phi) is 5.21.